The molecule has 0 aliphatic heterocycles. The fraction of sp³-hybridized carbons (Fsp3) is 0.292. The fourth-order valence-electron chi connectivity index (χ4n) is 3.65. The van der Waals surface area contributed by atoms with Gasteiger partial charge in [-0.15, -0.1) is 0 Å². The molecule has 2 aromatic carbocycles. The molecule has 8 heteroatoms. The summed E-state index contributed by atoms with van der Waals surface area (Å²) in [5.41, 5.74) is 7.61. The number of nitrogens with zero attached hydrogens (tertiary/aromatic N) is 2. The van der Waals surface area contributed by atoms with Crippen molar-refractivity contribution in [3.63, 3.8) is 0 Å². The van der Waals surface area contributed by atoms with E-state index in [1.807, 2.05) is 26.0 Å². The van der Waals surface area contributed by atoms with Crippen LogP contribution in [0.1, 0.15) is 30.5 Å². The Bertz CT molecular complexity index is 1170. The Morgan fingerprint density at radius 1 is 1.09 bits per heavy atom. The van der Waals surface area contributed by atoms with Gasteiger partial charge in [-0.3, -0.25) is 14.2 Å². The molecule has 168 valence electrons. The van der Waals surface area contributed by atoms with E-state index in [2.05, 4.69) is 5.32 Å². The number of fused-ring (bicyclic) bond motifs is 1. The monoisotopic (exact) mass is 438 g/mol. The molecule has 3 N–H and O–H groups in total. The smallest absolute Gasteiger partial charge is 0.323 e. The summed E-state index contributed by atoms with van der Waals surface area (Å²) in [5.74, 6) is -0.993. The van der Waals surface area contributed by atoms with Gasteiger partial charge in [0.05, 0.1) is 18.5 Å². The molecule has 3 amide bonds. The van der Waals surface area contributed by atoms with Crippen LogP contribution in [0.25, 0.3) is 10.9 Å². The Labute approximate surface area is 186 Å². The number of halogens is 1. The Hall–Kier alpha value is -3.68. The van der Waals surface area contributed by atoms with Crippen molar-refractivity contribution >= 4 is 28.7 Å². The van der Waals surface area contributed by atoms with E-state index in [1.54, 1.807) is 43.5 Å². The van der Waals surface area contributed by atoms with E-state index >= 15 is 0 Å². The molecule has 7 nitrogen and oxygen atoms in total. The van der Waals surface area contributed by atoms with E-state index in [1.165, 1.54) is 9.47 Å². The maximum absolute atomic E-state index is 14.1. The summed E-state index contributed by atoms with van der Waals surface area (Å²) in [6, 6.07) is 11.3. The van der Waals surface area contributed by atoms with Crippen LogP contribution in [0.4, 0.5) is 9.18 Å². The van der Waals surface area contributed by atoms with Gasteiger partial charge in [-0.05, 0) is 38.0 Å². The third-order valence-corrected chi connectivity index (χ3v) is 5.38. The Morgan fingerprint density at radius 2 is 1.81 bits per heavy atom. The molecule has 0 bridgehead atoms. The number of carbonyl (C=O) groups is 3. The number of nitrogens with one attached hydrogen (secondary N) is 1. The number of aryl methyl sites for hydroxylation is 1. The zero-order valence-electron chi connectivity index (χ0n) is 18.4. The van der Waals surface area contributed by atoms with Crippen molar-refractivity contribution in [3.05, 3.63) is 71.2 Å². The number of benzene rings is 2. The molecule has 3 rings (SSSR count). The molecule has 0 aliphatic carbocycles. The first-order chi connectivity index (χ1) is 15.2. The molecule has 0 saturated carbocycles. The molecule has 0 spiro atoms. The van der Waals surface area contributed by atoms with Gasteiger partial charge in [0.1, 0.15) is 5.82 Å². The second kappa shape index (κ2) is 9.64. The molecule has 0 fully saturated rings. The summed E-state index contributed by atoms with van der Waals surface area (Å²) < 4.78 is 15.5. The Kier molecular flexibility index (Phi) is 6.92. The van der Waals surface area contributed by atoms with Crippen molar-refractivity contribution in [2.24, 2.45) is 5.73 Å². The van der Waals surface area contributed by atoms with E-state index in [9.17, 15) is 18.8 Å². The highest BCUT2D eigenvalue weighted by Crippen LogP contribution is 2.22. The van der Waals surface area contributed by atoms with Crippen molar-refractivity contribution < 1.29 is 18.8 Å². The summed E-state index contributed by atoms with van der Waals surface area (Å²) in [4.78, 5) is 38.7. The maximum Gasteiger partial charge on any atom is 0.323 e. The second-order valence-corrected chi connectivity index (χ2v) is 8.00. The average Bonchev–Trinajstić information content (AvgIpc) is 3.11. The van der Waals surface area contributed by atoms with Gasteiger partial charge in [-0.25, -0.2) is 9.18 Å². The Morgan fingerprint density at radius 3 is 2.50 bits per heavy atom. The van der Waals surface area contributed by atoms with Crippen LogP contribution in [-0.4, -0.2) is 39.9 Å². The molecular formula is C24H27FN4O3. The van der Waals surface area contributed by atoms with Gasteiger partial charge in [0.25, 0.3) is 0 Å². The van der Waals surface area contributed by atoms with Gasteiger partial charge < -0.3 is 16.0 Å². The van der Waals surface area contributed by atoms with Gasteiger partial charge in [0, 0.05) is 29.7 Å². The highest BCUT2D eigenvalue weighted by Gasteiger charge is 2.22. The second-order valence-electron chi connectivity index (χ2n) is 8.00. The minimum atomic E-state index is -0.636. The molecule has 32 heavy (non-hydrogen) atoms. The molecule has 1 heterocycles. The molecule has 0 aliphatic rings. The number of aromatic nitrogens is 1. The number of nitrogens with two attached hydrogens (primary N) is 1. The molecule has 1 aromatic heterocycles. The van der Waals surface area contributed by atoms with Crippen molar-refractivity contribution in [1.82, 2.24) is 14.8 Å². The van der Waals surface area contributed by atoms with Crippen molar-refractivity contribution in [2.75, 3.05) is 6.54 Å². The Balaban J connectivity index is 1.71. The summed E-state index contributed by atoms with van der Waals surface area (Å²) in [6.45, 7) is 5.18. The molecule has 0 unspecified atom stereocenters. The first-order valence-corrected chi connectivity index (χ1v) is 10.4. The summed E-state index contributed by atoms with van der Waals surface area (Å²) >= 11 is 0. The lowest BCUT2D eigenvalue weighted by molar-refractivity contribution is -0.137. The SMILES string of the molecule is Cc1cccc(CNC(=O)CN(C(=O)Cc2cn(C(N)=O)c3ccccc23)C(C)C)c1F. The van der Waals surface area contributed by atoms with Gasteiger partial charge in [-0.2, -0.15) is 0 Å². The van der Waals surface area contributed by atoms with Crippen molar-refractivity contribution in [3.8, 4) is 0 Å². The third-order valence-electron chi connectivity index (χ3n) is 5.38. The van der Waals surface area contributed by atoms with Crippen LogP contribution in [-0.2, 0) is 22.6 Å². The first-order valence-electron chi connectivity index (χ1n) is 10.4. The number of rotatable bonds is 7. The highest BCUT2D eigenvalue weighted by molar-refractivity contribution is 5.96. The van der Waals surface area contributed by atoms with E-state index in [-0.39, 0.29) is 43.2 Å². The minimum absolute atomic E-state index is 0.0127. The zero-order chi connectivity index (χ0) is 23.4. The molecule has 3 aromatic rings. The summed E-state index contributed by atoms with van der Waals surface area (Å²) in [5, 5.41) is 3.43. The van der Waals surface area contributed by atoms with Crippen LogP contribution in [0.2, 0.25) is 0 Å². The number of para-hydroxylation sites is 1. The van der Waals surface area contributed by atoms with Crippen molar-refractivity contribution in [2.45, 2.75) is 39.8 Å². The number of primary amides is 1. The van der Waals surface area contributed by atoms with E-state index in [4.69, 9.17) is 5.73 Å². The van der Waals surface area contributed by atoms with Crippen LogP contribution in [0.5, 0.6) is 0 Å². The predicted molar refractivity (Wildman–Crippen MR) is 120 cm³/mol. The quantitative estimate of drug-likeness (QED) is 0.593. The van der Waals surface area contributed by atoms with Crippen LogP contribution < -0.4 is 11.1 Å². The lowest BCUT2D eigenvalue weighted by Crippen LogP contribution is -2.44. The highest BCUT2D eigenvalue weighted by atomic mass is 19.1. The first kappa shape index (κ1) is 23.0. The lowest BCUT2D eigenvalue weighted by Gasteiger charge is -2.26. The van der Waals surface area contributed by atoms with Crippen LogP contribution >= 0.6 is 0 Å². The van der Waals surface area contributed by atoms with E-state index in [0.29, 0.717) is 22.2 Å². The summed E-state index contributed by atoms with van der Waals surface area (Å²) in [6.07, 6.45) is 1.57. The lowest BCUT2D eigenvalue weighted by atomic mass is 10.1. The minimum Gasteiger partial charge on any atom is -0.351 e. The molecular weight excluding hydrogens is 411 g/mol. The van der Waals surface area contributed by atoms with Gasteiger partial charge in [-0.1, -0.05) is 36.4 Å². The predicted octanol–water partition coefficient (Wildman–Crippen LogP) is 3.11. The van der Waals surface area contributed by atoms with E-state index in [0.717, 1.165) is 5.39 Å². The van der Waals surface area contributed by atoms with Gasteiger partial charge in [0.2, 0.25) is 11.8 Å². The average molecular weight is 439 g/mol. The molecule has 0 radical (unpaired) electrons. The number of amides is 3. The maximum atomic E-state index is 14.1. The van der Waals surface area contributed by atoms with Gasteiger partial charge in [0.15, 0.2) is 0 Å². The third kappa shape index (κ3) is 4.96. The number of carbonyl (C=O) groups excluding carboxylic acids is 3. The number of hydrogen-bond donors (Lipinski definition) is 2. The molecule has 0 saturated heterocycles. The molecule has 0 atom stereocenters. The normalized spacial score (nSPS) is 11.0. The van der Waals surface area contributed by atoms with Gasteiger partial charge >= 0.3 is 6.03 Å². The number of hydrogen-bond acceptors (Lipinski definition) is 3. The van der Waals surface area contributed by atoms with Crippen LogP contribution in [0.15, 0.2) is 48.7 Å². The van der Waals surface area contributed by atoms with Crippen molar-refractivity contribution in [1.29, 1.82) is 0 Å². The fourth-order valence-corrected chi connectivity index (χ4v) is 3.65. The topological polar surface area (TPSA) is 97.4 Å². The standard InChI is InChI=1S/C24H27FN4O3/c1-15(2)28(14-21(30)27-12-17-8-6-7-16(3)23(17)25)22(31)11-18-13-29(24(26)32)20-10-5-4-9-19(18)20/h4-10,13,15H,11-12,14H2,1-3H3,(H2,26,32)(H,27,30). The van der Waals surface area contributed by atoms with Crippen LogP contribution in [0.3, 0.4) is 0 Å². The summed E-state index contributed by atoms with van der Waals surface area (Å²) in [7, 11) is 0. The van der Waals surface area contributed by atoms with Crippen LogP contribution in [0, 0.1) is 12.7 Å². The largest absolute Gasteiger partial charge is 0.351 e. The zero-order valence-corrected chi connectivity index (χ0v) is 18.4. The van der Waals surface area contributed by atoms with E-state index < -0.39 is 6.03 Å².